The molecule has 0 bridgehead atoms. The summed E-state index contributed by atoms with van der Waals surface area (Å²) < 4.78 is 10.9. The summed E-state index contributed by atoms with van der Waals surface area (Å²) in [6.07, 6.45) is 3.44. The lowest BCUT2D eigenvalue weighted by Crippen LogP contribution is -2.12. The van der Waals surface area contributed by atoms with E-state index in [0.29, 0.717) is 0 Å². The van der Waals surface area contributed by atoms with Crippen molar-refractivity contribution < 1.29 is 9.47 Å². The van der Waals surface area contributed by atoms with Crippen LogP contribution >= 0.6 is 0 Å². The van der Waals surface area contributed by atoms with Gasteiger partial charge in [0.05, 0.1) is 25.5 Å². The van der Waals surface area contributed by atoms with Gasteiger partial charge in [-0.15, -0.1) is 0 Å². The highest BCUT2D eigenvalue weighted by Gasteiger charge is 2.18. The fourth-order valence-corrected chi connectivity index (χ4v) is 1.30. The molecule has 65 valence electrons. The molecule has 0 aliphatic carbocycles. The van der Waals surface area contributed by atoms with Crippen LogP contribution in [0.5, 0.6) is 0 Å². The van der Waals surface area contributed by atoms with Gasteiger partial charge in [-0.3, -0.25) is 4.99 Å². The molecule has 0 aromatic heterocycles. The second kappa shape index (κ2) is 3.17. The Morgan fingerprint density at radius 3 is 3.17 bits per heavy atom. The summed E-state index contributed by atoms with van der Waals surface area (Å²) in [5.74, 6) is 1.72. The van der Waals surface area contributed by atoms with Crippen LogP contribution in [-0.2, 0) is 9.47 Å². The Hall–Kier alpha value is -0.990. The van der Waals surface area contributed by atoms with E-state index >= 15 is 0 Å². The van der Waals surface area contributed by atoms with Gasteiger partial charge in [0.25, 0.3) is 0 Å². The smallest absolute Gasteiger partial charge is 0.174 e. The van der Waals surface area contributed by atoms with Crippen LogP contribution in [0.3, 0.4) is 0 Å². The molecule has 1 radical (unpaired) electrons. The first-order valence-corrected chi connectivity index (χ1v) is 4.21. The van der Waals surface area contributed by atoms with E-state index in [4.69, 9.17) is 9.47 Å². The van der Waals surface area contributed by atoms with Crippen molar-refractivity contribution >= 4 is 6.21 Å². The van der Waals surface area contributed by atoms with E-state index in [2.05, 4.69) is 11.9 Å². The Balaban J connectivity index is 2.16. The Morgan fingerprint density at radius 1 is 1.42 bits per heavy atom. The zero-order chi connectivity index (χ0) is 8.39. The van der Waals surface area contributed by atoms with Crippen molar-refractivity contribution in [1.29, 1.82) is 0 Å². The first kappa shape index (κ1) is 7.65. The van der Waals surface area contributed by atoms with Crippen LogP contribution in [0.25, 0.3) is 0 Å². The third-order valence-corrected chi connectivity index (χ3v) is 1.92. The highest BCUT2D eigenvalue weighted by Crippen LogP contribution is 2.21. The normalized spacial score (nSPS) is 28.6. The number of dihydropyridines is 1. The molecule has 0 aromatic rings. The van der Waals surface area contributed by atoms with Crippen molar-refractivity contribution in [3.63, 3.8) is 0 Å². The van der Waals surface area contributed by atoms with E-state index in [9.17, 15) is 0 Å². The second-order valence-electron chi connectivity index (χ2n) is 2.97. The van der Waals surface area contributed by atoms with E-state index in [1.807, 2.05) is 0 Å². The van der Waals surface area contributed by atoms with Gasteiger partial charge < -0.3 is 9.47 Å². The number of rotatable bonds is 0. The van der Waals surface area contributed by atoms with Gasteiger partial charge in [0.15, 0.2) is 5.76 Å². The molecular formula is C9H12NO2. The van der Waals surface area contributed by atoms with Crippen LogP contribution < -0.4 is 0 Å². The van der Waals surface area contributed by atoms with Crippen molar-refractivity contribution in [2.75, 3.05) is 13.2 Å². The number of hydrogen-bond donors (Lipinski definition) is 0. The predicted molar refractivity (Wildman–Crippen MR) is 45.8 cm³/mol. The van der Waals surface area contributed by atoms with E-state index in [1.54, 1.807) is 6.21 Å². The lowest BCUT2D eigenvalue weighted by Gasteiger charge is -2.16. The van der Waals surface area contributed by atoms with Gasteiger partial charge in [-0.2, -0.15) is 0 Å². The topological polar surface area (TPSA) is 30.8 Å². The maximum atomic E-state index is 5.50. The van der Waals surface area contributed by atoms with Gasteiger partial charge in [-0.05, 0) is 6.92 Å². The molecule has 12 heavy (non-hydrogen) atoms. The molecule has 2 aliphatic heterocycles. The van der Waals surface area contributed by atoms with Crippen molar-refractivity contribution in [3.05, 3.63) is 18.4 Å². The van der Waals surface area contributed by atoms with Gasteiger partial charge in [-0.25, -0.2) is 0 Å². The first-order chi connectivity index (χ1) is 5.86. The summed E-state index contributed by atoms with van der Waals surface area (Å²) in [5, 5.41) is 0. The molecule has 1 atom stereocenters. The van der Waals surface area contributed by atoms with Crippen LogP contribution in [0, 0.1) is 6.92 Å². The lowest BCUT2D eigenvalue weighted by molar-refractivity contribution is 0.201. The summed E-state index contributed by atoms with van der Waals surface area (Å²) in [6, 6.07) is 0.0884. The summed E-state index contributed by atoms with van der Waals surface area (Å²) in [7, 11) is 0. The molecule has 1 unspecified atom stereocenters. The number of allylic oxidation sites excluding steroid dienone is 1. The standard InChI is InChI=1S/C9H12NO2/c1-7-5-8-9(6-10-7)12-4-2-3-11-8/h6-7H,1-5H2. The first-order valence-electron chi connectivity index (χ1n) is 4.21. The zero-order valence-corrected chi connectivity index (χ0v) is 6.95. The minimum absolute atomic E-state index is 0.0884. The fourth-order valence-electron chi connectivity index (χ4n) is 1.30. The van der Waals surface area contributed by atoms with Crippen molar-refractivity contribution in [1.82, 2.24) is 0 Å². The van der Waals surface area contributed by atoms with Gasteiger partial charge in [0, 0.05) is 12.8 Å². The largest absolute Gasteiger partial charge is 0.494 e. The Labute approximate surface area is 72.1 Å². The van der Waals surface area contributed by atoms with Gasteiger partial charge in [0.1, 0.15) is 5.76 Å². The van der Waals surface area contributed by atoms with Gasteiger partial charge in [-0.1, -0.05) is 0 Å². The third-order valence-electron chi connectivity index (χ3n) is 1.92. The van der Waals surface area contributed by atoms with Crippen LogP contribution in [-0.4, -0.2) is 25.5 Å². The van der Waals surface area contributed by atoms with Crippen LogP contribution in [0.1, 0.15) is 12.8 Å². The molecule has 0 saturated carbocycles. The molecular weight excluding hydrogens is 154 g/mol. The number of aliphatic imine (C=N–C) groups is 1. The summed E-state index contributed by atoms with van der Waals surface area (Å²) in [5.41, 5.74) is 0. The summed E-state index contributed by atoms with van der Waals surface area (Å²) in [4.78, 5) is 4.16. The van der Waals surface area contributed by atoms with Gasteiger partial charge in [0.2, 0.25) is 0 Å². The Kier molecular flexibility index (Phi) is 2.02. The SMILES string of the molecule is [CH2]C1CC2=C(C=N1)OCCCO2. The fraction of sp³-hybridized carbons (Fsp3) is 0.556. The molecule has 0 aromatic carbocycles. The molecule has 3 heteroatoms. The quantitative estimate of drug-likeness (QED) is 0.543. The van der Waals surface area contributed by atoms with E-state index in [-0.39, 0.29) is 6.04 Å². The summed E-state index contributed by atoms with van der Waals surface area (Å²) >= 11 is 0. The molecule has 2 rings (SSSR count). The molecule has 0 N–H and O–H groups in total. The molecule has 0 fully saturated rings. The average Bonchev–Trinajstić information content (AvgIpc) is 2.28. The van der Waals surface area contributed by atoms with Crippen LogP contribution in [0.4, 0.5) is 0 Å². The number of ether oxygens (including phenoxy) is 2. The highest BCUT2D eigenvalue weighted by molar-refractivity contribution is 5.78. The summed E-state index contributed by atoms with van der Waals surface area (Å²) in [6.45, 7) is 5.33. The monoisotopic (exact) mass is 166 g/mol. The van der Waals surface area contributed by atoms with E-state index in [1.165, 1.54) is 0 Å². The van der Waals surface area contributed by atoms with Crippen molar-refractivity contribution in [2.24, 2.45) is 4.99 Å². The maximum absolute atomic E-state index is 5.50. The third kappa shape index (κ3) is 1.44. The van der Waals surface area contributed by atoms with Crippen molar-refractivity contribution in [3.8, 4) is 0 Å². The highest BCUT2D eigenvalue weighted by atomic mass is 16.5. The molecule has 2 aliphatic rings. The Bertz CT molecular complexity index is 233. The molecule has 0 spiro atoms. The lowest BCUT2D eigenvalue weighted by atomic mass is 10.1. The van der Waals surface area contributed by atoms with E-state index in [0.717, 1.165) is 37.6 Å². The van der Waals surface area contributed by atoms with E-state index < -0.39 is 0 Å². The second-order valence-corrected chi connectivity index (χ2v) is 2.97. The number of nitrogens with zero attached hydrogens (tertiary/aromatic N) is 1. The Morgan fingerprint density at radius 2 is 2.25 bits per heavy atom. The van der Waals surface area contributed by atoms with Crippen LogP contribution in [0.2, 0.25) is 0 Å². The number of hydrogen-bond acceptors (Lipinski definition) is 3. The molecule has 0 amide bonds. The molecule has 3 nitrogen and oxygen atoms in total. The molecule has 0 saturated heterocycles. The van der Waals surface area contributed by atoms with Gasteiger partial charge >= 0.3 is 0 Å². The van der Waals surface area contributed by atoms with Crippen LogP contribution in [0.15, 0.2) is 16.5 Å². The minimum atomic E-state index is 0.0884. The average molecular weight is 166 g/mol. The predicted octanol–water partition coefficient (Wildman–Crippen LogP) is 1.31. The molecule has 2 heterocycles. The van der Waals surface area contributed by atoms with Crippen molar-refractivity contribution in [2.45, 2.75) is 18.9 Å². The maximum Gasteiger partial charge on any atom is 0.174 e. The zero-order valence-electron chi connectivity index (χ0n) is 6.95. The minimum Gasteiger partial charge on any atom is -0.494 e.